The third-order valence-electron chi connectivity index (χ3n) is 5.25. The van der Waals surface area contributed by atoms with Crippen LogP contribution in [0.3, 0.4) is 0 Å². The lowest BCUT2D eigenvalue weighted by atomic mass is 10.1. The van der Waals surface area contributed by atoms with Crippen molar-refractivity contribution < 1.29 is 0 Å². The summed E-state index contributed by atoms with van der Waals surface area (Å²) in [4.78, 5) is 13.0. The SMILES string of the molecule is CN1CCCC1c1ccc(Cl)nc1.CN1CCCC1c1cccnc1. The zero-order chi connectivity index (χ0) is 17.6. The summed E-state index contributed by atoms with van der Waals surface area (Å²) < 4.78 is 0. The van der Waals surface area contributed by atoms with E-state index in [9.17, 15) is 0 Å². The number of halogens is 1. The second-order valence-electron chi connectivity index (χ2n) is 6.98. The normalized spacial score (nSPS) is 24.1. The van der Waals surface area contributed by atoms with Crippen molar-refractivity contribution >= 4 is 11.6 Å². The summed E-state index contributed by atoms with van der Waals surface area (Å²) in [6.45, 7) is 2.41. The molecule has 0 aromatic carbocycles. The van der Waals surface area contributed by atoms with Crippen molar-refractivity contribution in [2.75, 3.05) is 27.2 Å². The highest BCUT2D eigenvalue weighted by molar-refractivity contribution is 6.29. The third-order valence-corrected chi connectivity index (χ3v) is 5.47. The van der Waals surface area contributed by atoms with E-state index in [4.69, 9.17) is 11.6 Å². The van der Waals surface area contributed by atoms with Gasteiger partial charge in [-0.25, -0.2) is 4.98 Å². The molecule has 134 valence electrons. The molecule has 2 aromatic heterocycles. The molecule has 0 aliphatic carbocycles. The first-order valence-corrected chi connectivity index (χ1v) is 9.45. The third kappa shape index (κ3) is 4.78. The number of rotatable bonds is 2. The number of hydrogen-bond donors (Lipinski definition) is 0. The van der Waals surface area contributed by atoms with Crippen molar-refractivity contribution in [1.29, 1.82) is 0 Å². The summed E-state index contributed by atoms with van der Waals surface area (Å²) in [5, 5.41) is 0.574. The van der Waals surface area contributed by atoms with Gasteiger partial charge in [0.25, 0.3) is 0 Å². The summed E-state index contributed by atoms with van der Waals surface area (Å²) in [6, 6.07) is 9.27. The van der Waals surface area contributed by atoms with E-state index in [1.165, 1.54) is 49.9 Å². The smallest absolute Gasteiger partial charge is 0.129 e. The number of nitrogens with zero attached hydrogens (tertiary/aromatic N) is 4. The maximum atomic E-state index is 5.73. The van der Waals surface area contributed by atoms with Crippen molar-refractivity contribution in [3.63, 3.8) is 0 Å². The molecule has 0 spiro atoms. The molecule has 0 N–H and O–H groups in total. The van der Waals surface area contributed by atoms with Gasteiger partial charge in [-0.3, -0.25) is 14.8 Å². The van der Waals surface area contributed by atoms with Gasteiger partial charge in [0.2, 0.25) is 0 Å². The standard InChI is InChI=1S/C10H13ClN2.C10H14N2/c1-13-6-2-3-9(13)8-4-5-10(11)12-7-8;1-12-7-3-5-10(12)9-4-2-6-11-8-9/h4-5,7,9H,2-3,6H2,1H3;2,4,6,8,10H,3,5,7H2,1H3. The van der Waals surface area contributed by atoms with E-state index in [1.807, 2.05) is 30.7 Å². The van der Waals surface area contributed by atoms with Crippen LogP contribution in [0, 0.1) is 0 Å². The molecule has 25 heavy (non-hydrogen) atoms. The number of aromatic nitrogens is 2. The van der Waals surface area contributed by atoms with E-state index < -0.39 is 0 Å². The molecule has 0 bridgehead atoms. The van der Waals surface area contributed by atoms with Crippen LogP contribution in [0.1, 0.15) is 48.9 Å². The van der Waals surface area contributed by atoms with Gasteiger partial charge in [-0.1, -0.05) is 23.7 Å². The van der Waals surface area contributed by atoms with Crippen LogP contribution in [0.4, 0.5) is 0 Å². The molecule has 2 aromatic rings. The first kappa shape index (κ1) is 18.3. The first-order chi connectivity index (χ1) is 12.1. The monoisotopic (exact) mass is 358 g/mol. The zero-order valence-electron chi connectivity index (χ0n) is 15.1. The molecule has 2 saturated heterocycles. The molecule has 2 atom stereocenters. The van der Waals surface area contributed by atoms with Crippen LogP contribution in [0.5, 0.6) is 0 Å². The average molecular weight is 359 g/mol. The predicted octanol–water partition coefficient (Wildman–Crippen LogP) is 4.35. The summed E-state index contributed by atoms with van der Waals surface area (Å²) >= 11 is 5.73. The molecule has 0 saturated carbocycles. The van der Waals surface area contributed by atoms with Crippen molar-refractivity contribution in [3.05, 3.63) is 59.1 Å². The van der Waals surface area contributed by atoms with E-state index in [1.54, 1.807) is 0 Å². The Balaban J connectivity index is 0.000000146. The van der Waals surface area contributed by atoms with Crippen molar-refractivity contribution in [1.82, 2.24) is 19.8 Å². The van der Waals surface area contributed by atoms with E-state index >= 15 is 0 Å². The van der Waals surface area contributed by atoms with Crippen molar-refractivity contribution in [2.45, 2.75) is 37.8 Å². The summed E-state index contributed by atoms with van der Waals surface area (Å²) in [6.07, 6.45) is 10.8. The van der Waals surface area contributed by atoms with Gasteiger partial charge in [0.15, 0.2) is 0 Å². The van der Waals surface area contributed by atoms with Crippen LogP contribution in [0.2, 0.25) is 5.15 Å². The molecule has 0 radical (unpaired) electrons. The Morgan fingerprint density at radius 1 is 0.920 bits per heavy atom. The Morgan fingerprint density at radius 3 is 2.00 bits per heavy atom. The Morgan fingerprint density at radius 2 is 1.56 bits per heavy atom. The highest BCUT2D eigenvalue weighted by atomic mass is 35.5. The Labute approximate surface area is 155 Å². The van der Waals surface area contributed by atoms with E-state index in [0.717, 1.165) is 0 Å². The number of pyridine rings is 2. The molecule has 5 heteroatoms. The Kier molecular flexibility index (Phi) is 6.40. The lowest BCUT2D eigenvalue weighted by Gasteiger charge is -2.19. The topological polar surface area (TPSA) is 32.3 Å². The van der Waals surface area contributed by atoms with Crippen molar-refractivity contribution in [3.8, 4) is 0 Å². The maximum Gasteiger partial charge on any atom is 0.129 e. The van der Waals surface area contributed by atoms with E-state index in [-0.39, 0.29) is 0 Å². The van der Waals surface area contributed by atoms with Gasteiger partial charge in [-0.15, -0.1) is 0 Å². The minimum absolute atomic E-state index is 0.546. The van der Waals surface area contributed by atoms with Gasteiger partial charge in [-0.2, -0.15) is 0 Å². The molecule has 4 rings (SSSR count). The van der Waals surface area contributed by atoms with Gasteiger partial charge in [0, 0.05) is 30.7 Å². The Bertz CT molecular complexity index is 647. The van der Waals surface area contributed by atoms with E-state index in [0.29, 0.717) is 17.2 Å². The average Bonchev–Trinajstić information content (AvgIpc) is 3.25. The fraction of sp³-hybridized carbons (Fsp3) is 0.500. The lowest BCUT2D eigenvalue weighted by Crippen LogP contribution is -2.17. The molecular weight excluding hydrogens is 332 g/mol. The van der Waals surface area contributed by atoms with Gasteiger partial charge in [0.05, 0.1) is 0 Å². The predicted molar refractivity (Wildman–Crippen MR) is 103 cm³/mol. The van der Waals surface area contributed by atoms with Crippen LogP contribution in [0.15, 0.2) is 42.9 Å². The molecular formula is C20H27ClN4. The largest absolute Gasteiger partial charge is 0.299 e. The van der Waals surface area contributed by atoms with Gasteiger partial charge in [0.1, 0.15) is 5.15 Å². The number of likely N-dealkylation sites (tertiary alicyclic amines) is 2. The minimum Gasteiger partial charge on any atom is -0.299 e. The lowest BCUT2D eigenvalue weighted by molar-refractivity contribution is 0.317. The first-order valence-electron chi connectivity index (χ1n) is 9.07. The molecule has 0 amide bonds. The highest BCUT2D eigenvalue weighted by Crippen LogP contribution is 2.30. The molecule has 2 unspecified atom stereocenters. The molecule has 2 fully saturated rings. The zero-order valence-corrected chi connectivity index (χ0v) is 15.9. The molecule has 2 aliphatic rings. The second-order valence-corrected chi connectivity index (χ2v) is 7.37. The van der Waals surface area contributed by atoms with Gasteiger partial charge < -0.3 is 0 Å². The molecule has 4 heterocycles. The minimum atomic E-state index is 0.546. The fourth-order valence-electron chi connectivity index (χ4n) is 3.82. The maximum absolute atomic E-state index is 5.73. The van der Waals surface area contributed by atoms with Crippen LogP contribution >= 0.6 is 11.6 Å². The van der Waals surface area contributed by atoms with E-state index in [2.05, 4.69) is 46.0 Å². The van der Waals surface area contributed by atoms with Gasteiger partial charge >= 0.3 is 0 Å². The molecule has 2 aliphatic heterocycles. The summed E-state index contributed by atoms with van der Waals surface area (Å²) in [5.74, 6) is 0. The van der Waals surface area contributed by atoms with Crippen LogP contribution in [-0.4, -0.2) is 47.0 Å². The number of hydrogen-bond acceptors (Lipinski definition) is 4. The molecule has 4 nitrogen and oxygen atoms in total. The van der Waals surface area contributed by atoms with Gasteiger partial charge in [-0.05, 0) is 76.1 Å². The summed E-state index contributed by atoms with van der Waals surface area (Å²) in [5.41, 5.74) is 2.64. The Hall–Kier alpha value is -1.49. The second kappa shape index (κ2) is 8.75. The van der Waals surface area contributed by atoms with Crippen molar-refractivity contribution in [2.24, 2.45) is 0 Å². The quantitative estimate of drug-likeness (QED) is 0.747. The highest BCUT2D eigenvalue weighted by Gasteiger charge is 2.23. The van der Waals surface area contributed by atoms with Crippen LogP contribution in [0.25, 0.3) is 0 Å². The van der Waals surface area contributed by atoms with Crippen LogP contribution < -0.4 is 0 Å². The van der Waals surface area contributed by atoms with Crippen LogP contribution in [-0.2, 0) is 0 Å². The summed E-state index contributed by atoms with van der Waals surface area (Å²) in [7, 11) is 4.34. The fourth-order valence-corrected chi connectivity index (χ4v) is 3.93.